The fourth-order valence-electron chi connectivity index (χ4n) is 8.42. The average Bonchev–Trinajstić information content (AvgIpc) is 3.30. The lowest BCUT2D eigenvalue weighted by molar-refractivity contribution is -0.265. The predicted molar refractivity (Wildman–Crippen MR) is 132 cm³/mol. The van der Waals surface area contributed by atoms with Gasteiger partial charge in [-0.3, -0.25) is 14.4 Å². The number of nitrogens with two attached hydrogens (primary N) is 1. The van der Waals surface area contributed by atoms with E-state index in [4.69, 9.17) is 10.5 Å². The van der Waals surface area contributed by atoms with Crippen LogP contribution >= 0.6 is 0 Å². The Morgan fingerprint density at radius 2 is 1.86 bits per heavy atom. The van der Waals surface area contributed by atoms with E-state index in [1.807, 2.05) is 20.8 Å². The van der Waals surface area contributed by atoms with Crippen molar-refractivity contribution >= 4 is 23.0 Å². The molecule has 1 aromatic carbocycles. The van der Waals surface area contributed by atoms with Crippen molar-refractivity contribution in [1.82, 2.24) is 0 Å². The number of fused-ring (bicyclic) bond motifs is 3. The van der Waals surface area contributed by atoms with Gasteiger partial charge in [0.2, 0.25) is 5.91 Å². The molecule has 0 radical (unpaired) electrons. The number of phenolic OH excluding ortho intramolecular Hbond substituents is 1. The van der Waals surface area contributed by atoms with Gasteiger partial charge in [-0.2, -0.15) is 0 Å². The summed E-state index contributed by atoms with van der Waals surface area (Å²) in [6.07, 6.45) is -0.624. The number of carbonyl (C=O) groups is 3. The molecule has 6 N–H and O–H groups in total. The van der Waals surface area contributed by atoms with E-state index >= 15 is 0 Å². The molecule has 2 unspecified atom stereocenters. The number of aliphatic hydroxyl groups excluding tert-OH is 2. The monoisotopic (exact) mass is 513 g/mol. The SMILES string of the molecule is CC(C)[C@H]1C(O)[C@@H](C(N)=O)C(=O)[C@]2(O)C(O)[C@H]3C(=O)c4c(O)ccc(C5=COCC5)c4C[C@]3(C)C[C@]12C. The third-order valence-electron chi connectivity index (χ3n) is 9.73. The van der Waals surface area contributed by atoms with E-state index in [1.54, 1.807) is 19.3 Å². The Bertz CT molecular complexity index is 1240. The zero-order valence-corrected chi connectivity index (χ0v) is 21.5. The lowest BCUT2D eigenvalue weighted by Crippen LogP contribution is -2.79. The molecule has 0 bridgehead atoms. The molecule has 3 aliphatic carbocycles. The molecule has 0 spiro atoms. The summed E-state index contributed by atoms with van der Waals surface area (Å²) in [5.41, 5.74) is 3.07. The van der Waals surface area contributed by atoms with Crippen LogP contribution in [0.2, 0.25) is 0 Å². The molecule has 9 nitrogen and oxygen atoms in total. The smallest absolute Gasteiger partial charge is 0.230 e. The average molecular weight is 514 g/mol. The van der Waals surface area contributed by atoms with Crippen LogP contribution in [0, 0.1) is 34.5 Å². The largest absolute Gasteiger partial charge is 0.507 e. The van der Waals surface area contributed by atoms with E-state index in [1.165, 1.54) is 6.07 Å². The van der Waals surface area contributed by atoms with Crippen molar-refractivity contribution in [1.29, 1.82) is 0 Å². The molecular formula is C28H35NO8. The van der Waals surface area contributed by atoms with Crippen LogP contribution in [0.3, 0.4) is 0 Å². The molecule has 8 atom stereocenters. The number of phenols is 1. The molecule has 37 heavy (non-hydrogen) atoms. The number of carbonyl (C=O) groups excluding carboxylic acids is 3. The van der Waals surface area contributed by atoms with Crippen LogP contribution in [-0.2, 0) is 20.7 Å². The molecular weight excluding hydrogens is 478 g/mol. The molecule has 200 valence electrons. The fourth-order valence-corrected chi connectivity index (χ4v) is 8.42. The van der Waals surface area contributed by atoms with E-state index in [-0.39, 0.29) is 30.1 Å². The molecule has 2 fully saturated rings. The first-order chi connectivity index (χ1) is 17.2. The van der Waals surface area contributed by atoms with Crippen LogP contribution in [0.1, 0.15) is 62.0 Å². The van der Waals surface area contributed by atoms with E-state index in [9.17, 15) is 34.8 Å². The lowest BCUT2D eigenvalue weighted by atomic mass is 9.39. The summed E-state index contributed by atoms with van der Waals surface area (Å²) in [6.45, 7) is 7.64. The topological polar surface area (TPSA) is 167 Å². The summed E-state index contributed by atoms with van der Waals surface area (Å²) in [5, 5.41) is 45.8. The Kier molecular flexibility index (Phi) is 5.68. The zero-order chi connectivity index (χ0) is 27.2. The van der Waals surface area contributed by atoms with E-state index in [2.05, 4.69) is 0 Å². The Hall–Kier alpha value is -2.75. The van der Waals surface area contributed by atoms with Crippen LogP contribution in [0.25, 0.3) is 5.57 Å². The first-order valence-corrected chi connectivity index (χ1v) is 12.8. The zero-order valence-electron chi connectivity index (χ0n) is 21.5. The highest BCUT2D eigenvalue weighted by molar-refractivity contribution is 6.09. The van der Waals surface area contributed by atoms with Gasteiger partial charge < -0.3 is 30.9 Å². The van der Waals surface area contributed by atoms with Gasteiger partial charge in [-0.1, -0.05) is 33.8 Å². The van der Waals surface area contributed by atoms with Crippen molar-refractivity contribution in [3.8, 4) is 5.75 Å². The highest BCUT2D eigenvalue weighted by atomic mass is 16.5. The van der Waals surface area contributed by atoms with Gasteiger partial charge in [0.1, 0.15) is 17.8 Å². The second-order valence-corrected chi connectivity index (χ2v) is 12.2. The van der Waals surface area contributed by atoms with Crippen LogP contribution in [0.5, 0.6) is 5.75 Å². The maximum absolute atomic E-state index is 14.0. The van der Waals surface area contributed by atoms with Gasteiger partial charge in [-0.15, -0.1) is 0 Å². The Balaban J connectivity index is 1.72. The molecule has 1 aromatic rings. The summed E-state index contributed by atoms with van der Waals surface area (Å²) in [7, 11) is 0. The van der Waals surface area contributed by atoms with Gasteiger partial charge >= 0.3 is 0 Å². The molecule has 9 heteroatoms. The fraction of sp³-hybridized carbons (Fsp3) is 0.607. The summed E-state index contributed by atoms with van der Waals surface area (Å²) in [4.78, 5) is 40.0. The van der Waals surface area contributed by atoms with Crippen LogP contribution in [-0.4, -0.2) is 62.3 Å². The van der Waals surface area contributed by atoms with Crippen molar-refractivity contribution in [2.24, 2.45) is 40.2 Å². The minimum Gasteiger partial charge on any atom is -0.507 e. The molecule has 4 aliphatic rings. The molecule has 1 aliphatic heterocycles. The second-order valence-electron chi connectivity index (χ2n) is 12.2. The van der Waals surface area contributed by atoms with Crippen molar-refractivity contribution in [2.45, 2.75) is 64.8 Å². The first-order valence-electron chi connectivity index (χ1n) is 12.8. The molecule has 1 heterocycles. The van der Waals surface area contributed by atoms with Gasteiger partial charge in [-0.25, -0.2) is 0 Å². The number of ketones is 2. The van der Waals surface area contributed by atoms with Crippen LogP contribution in [0.15, 0.2) is 18.4 Å². The minimum atomic E-state index is -2.51. The van der Waals surface area contributed by atoms with E-state index < -0.39 is 63.9 Å². The summed E-state index contributed by atoms with van der Waals surface area (Å²) in [5.74, 6) is -6.97. The first kappa shape index (κ1) is 25.9. The normalized spacial score (nSPS) is 41.0. The molecule has 0 aromatic heterocycles. The number of hydrogen-bond donors (Lipinski definition) is 5. The molecule has 2 saturated carbocycles. The highest BCUT2D eigenvalue weighted by Gasteiger charge is 2.75. The van der Waals surface area contributed by atoms with Crippen molar-refractivity contribution in [3.63, 3.8) is 0 Å². The van der Waals surface area contributed by atoms with Crippen molar-refractivity contribution < 1.29 is 39.5 Å². The number of benzene rings is 1. The van der Waals surface area contributed by atoms with Gasteiger partial charge in [0.15, 0.2) is 17.2 Å². The number of rotatable bonds is 3. The number of amides is 1. The third-order valence-corrected chi connectivity index (χ3v) is 9.73. The predicted octanol–water partition coefficient (Wildman–Crippen LogP) is 1.33. The standard InChI is InChI=1S/C28H35NO8/c1-12(2)19-22(32)18(25(29)35)23(33)28(36)24(34)20-21(31)17-15(9-26(20,3)11-27(19,28)4)14(5-6-16(17)30)13-7-8-37-10-13/h5-6,10,12,18-20,22,24,30,32,34,36H,7-9,11H2,1-4H3,(H2,29,35)/t18-,19+,20-,22?,24?,26-,27-,28+/m1/s1. The van der Waals surface area contributed by atoms with Gasteiger partial charge in [0, 0.05) is 11.8 Å². The third kappa shape index (κ3) is 3.17. The van der Waals surface area contributed by atoms with Crippen molar-refractivity contribution in [3.05, 3.63) is 35.1 Å². The molecule has 5 rings (SSSR count). The van der Waals surface area contributed by atoms with E-state index in [0.717, 1.165) is 11.1 Å². The Labute approximate surface area is 215 Å². The second kappa shape index (κ2) is 8.12. The maximum atomic E-state index is 14.0. The number of aromatic hydroxyl groups is 1. The van der Waals surface area contributed by atoms with E-state index in [0.29, 0.717) is 18.6 Å². The van der Waals surface area contributed by atoms with Crippen molar-refractivity contribution in [2.75, 3.05) is 6.61 Å². The molecule has 1 amide bonds. The Morgan fingerprint density at radius 1 is 1.19 bits per heavy atom. The number of Topliss-reactive ketones (excluding diaryl/α,β-unsaturated/α-hetero) is 2. The number of ether oxygens (including phenoxy) is 1. The summed E-state index contributed by atoms with van der Waals surface area (Å²) < 4.78 is 5.42. The highest BCUT2D eigenvalue weighted by Crippen LogP contribution is 2.65. The quantitative estimate of drug-likeness (QED) is 0.377. The number of aliphatic hydroxyl groups is 3. The van der Waals surface area contributed by atoms with Gasteiger partial charge in [0.25, 0.3) is 0 Å². The summed E-state index contributed by atoms with van der Waals surface area (Å²) >= 11 is 0. The van der Waals surface area contributed by atoms with Gasteiger partial charge in [0.05, 0.1) is 30.5 Å². The van der Waals surface area contributed by atoms with Gasteiger partial charge in [-0.05, 0) is 52.9 Å². The minimum absolute atomic E-state index is 0.0641. The lowest BCUT2D eigenvalue weighted by Gasteiger charge is -2.66. The Morgan fingerprint density at radius 3 is 2.43 bits per heavy atom. The van der Waals surface area contributed by atoms with Crippen LogP contribution < -0.4 is 5.73 Å². The molecule has 0 saturated heterocycles. The number of primary amides is 1. The summed E-state index contributed by atoms with van der Waals surface area (Å²) in [6, 6.07) is 3.19. The van der Waals surface area contributed by atoms with Crippen LogP contribution in [0.4, 0.5) is 0 Å². The number of hydrogen-bond acceptors (Lipinski definition) is 8. The maximum Gasteiger partial charge on any atom is 0.230 e.